The summed E-state index contributed by atoms with van der Waals surface area (Å²) < 4.78 is 44.2. The van der Waals surface area contributed by atoms with Crippen LogP contribution in [0.2, 0.25) is 0 Å². The van der Waals surface area contributed by atoms with Crippen molar-refractivity contribution in [3.05, 3.63) is 30.1 Å². The number of methoxy groups -OCH3 is 1. The minimum absolute atomic E-state index is 0.0168. The highest BCUT2D eigenvalue weighted by atomic mass is 32.2. The molecule has 0 aromatic heterocycles. The number of nitrogens with two attached hydrogens (primary N) is 1. The first-order valence-corrected chi connectivity index (χ1v) is 7.40. The normalized spacial score (nSPS) is 23.9. The van der Waals surface area contributed by atoms with E-state index in [9.17, 15) is 17.6 Å². The first-order chi connectivity index (χ1) is 9.36. The van der Waals surface area contributed by atoms with Gasteiger partial charge in [0, 0.05) is 20.1 Å². The summed E-state index contributed by atoms with van der Waals surface area (Å²) in [6.07, 6.45) is -0.212. The van der Waals surface area contributed by atoms with Gasteiger partial charge < -0.3 is 10.5 Å². The van der Waals surface area contributed by atoms with Crippen molar-refractivity contribution in [1.29, 1.82) is 0 Å². The van der Waals surface area contributed by atoms with Crippen LogP contribution in [0.5, 0.6) is 0 Å². The van der Waals surface area contributed by atoms with Gasteiger partial charge in [-0.3, -0.25) is 4.79 Å². The van der Waals surface area contributed by atoms with Crippen LogP contribution in [0.15, 0.2) is 29.2 Å². The molecule has 0 radical (unpaired) electrons. The van der Waals surface area contributed by atoms with Gasteiger partial charge in [-0.25, -0.2) is 12.8 Å². The zero-order valence-electron chi connectivity index (χ0n) is 10.8. The van der Waals surface area contributed by atoms with Crippen molar-refractivity contribution in [3.8, 4) is 0 Å². The van der Waals surface area contributed by atoms with Gasteiger partial charge in [0.25, 0.3) is 0 Å². The Labute approximate surface area is 116 Å². The largest absolute Gasteiger partial charge is 0.380 e. The van der Waals surface area contributed by atoms with Gasteiger partial charge in [-0.05, 0) is 18.2 Å². The maximum absolute atomic E-state index is 13.2. The molecule has 0 saturated carbocycles. The van der Waals surface area contributed by atoms with E-state index in [1.165, 1.54) is 19.2 Å². The highest BCUT2D eigenvalue weighted by molar-refractivity contribution is 7.89. The summed E-state index contributed by atoms with van der Waals surface area (Å²) >= 11 is 0. The molecule has 20 heavy (non-hydrogen) atoms. The van der Waals surface area contributed by atoms with Crippen LogP contribution >= 0.6 is 0 Å². The van der Waals surface area contributed by atoms with Crippen molar-refractivity contribution in [1.82, 2.24) is 4.31 Å². The van der Waals surface area contributed by atoms with Crippen LogP contribution in [0.4, 0.5) is 4.39 Å². The first kappa shape index (κ1) is 14.9. The highest BCUT2D eigenvalue weighted by Gasteiger charge is 2.43. The van der Waals surface area contributed by atoms with Crippen LogP contribution < -0.4 is 5.73 Å². The van der Waals surface area contributed by atoms with Crippen LogP contribution in [-0.4, -0.2) is 44.4 Å². The van der Waals surface area contributed by atoms with Crippen molar-refractivity contribution in [2.24, 2.45) is 5.73 Å². The van der Waals surface area contributed by atoms with Crippen molar-refractivity contribution >= 4 is 15.9 Å². The van der Waals surface area contributed by atoms with Gasteiger partial charge in [0.1, 0.15) is 11.9 Å². The molecule has 110 valence electrons. The van der Waals surface area contributed by atoms with Gasteiger partial charge in [-0.15, -0.1) is 0 Å². The number of rotatable bonds is 4. The van der Waals surface area contributed by atoms with E-state index in [2.05, 4.69) is 0 Å². The molecule has 1 saturated heterocycles. The molecule has 1 amide bonds. The Morgan fingerprint density at radius 1 is 1.50 bits per heavy atom. The van der Waals surface area contributed by atoms with E-state index in [-0.39, 0.29) is 17.9 Å². The van der Waals surface area contributed by atoms with E-state index in [0.29, 0.717) is 0 Å². The van der Waals surface area contributed by atoms with Crippen LogP contribution in [0.25, 0.3) is 0 Å². The second-order valence-electron chi connectivity index (χ2n) is 4.54. The number of carbonyl (C=O) groups is 1. The van der Waals surface area contributed by atoms with E-state index in [0.717, 1.165) is 16.4 Å². The van der Waals surface area contributed by atoms with Crippen LogP contribution in [0.3, 0.4) is 0 Å². The summed E-state index contributed by atoms with van der Waals surface area (Å²) in [7, 11) is -2.55. The fourth-order valence-corrected chi connectivity index (χ4v) is 3.90. The van der Waals surface area contributed by atoms with E-state index >= 15 is 0 Å². The number of sulfonamides is 1. The summed E-state index contributed by atoms with van der Waals surface area (Å²) in [5, 5.41) is 0. The van der Waals surface area contributed by atoms with Gasteiger partial charge in [0.05, 0.1) is 11.0 Å². The fraction of sp³-hybridized carbons (Fsp3) is 0.417. The van der Waals surface area contributed by atoms with Crippen molar-refractivity contribution in [2.45, 2.75) is 23.5 Å². The van der Waals surface area contributed by atoms with E-state index in [1.54, 1.807) is 0 Å². The lowest BCUT2D eigenvalue weighted by Crippen LogP contribution is -2.43. The fourth-order valence-electron chi connectivity index (χ4n) is 2.23. The van der Waals surface area contributed by atoms with Crippen LogP contribution in [-0.2, 0) is 19.6 Å². The molecule has 8 heteroatoms. The number of ether oxygens (including phenoxy) is 1. The average Bonchev–Trinajstić information content (AvgIpc) is 2.83. The molecule has 2 N–H and O–H groups in total. The molecule has 2 atom stereocenters. The number of halogens is 1. The van der Waals surface area contributed by atoms with E-state index in [1.807, 2.05) is 0 Å². The molecular formula is C12H15FN2O4S. The lowest BCUT2D eigenvalue weighted by atomic mass is 10.2. The molecule has 1 heterocycles. The topological polar surface area (TPSA) is 89.7 Å². The lowest BCUT2D eigenvalue weighted by molar-refractivity contribution is -0.121. The Morgan fingerprint density at radius 2 is 2.20 bits per heavy atom. The molecule has 2 rings (SSSR count). The second-order valence-corrected chi connectivity index (χ2v) is 6.43. The Morgan fingerprint density at radius 3 is 2.75 bits per heavy atom. The molecule has 0 aliphatic carbocycles. The third kappa shape index (κ3) is 2.67. The van der Waals surface area contributed by atoms with Crippen LogP contribution in [0, 0.1) is 5.82 Å². The number of amides is 1. The Kier molecular flexibility index (Phi) is 4.07. The smallest absolute Gasteiger partial charge is 0.243 e. The van der Waals surface area contributed by atoms with E-state index < -0.39 is 33.9 Å². The van der Waals surface area contributed by atoms with Crippen molar-refractivity contribution in [2.75, 3.05) is 13.7 Å². The summed E-state index contributed by atoms with van der Waals surface area (Å²) in [4.78, 5) is 11.2. The number of hydrogen-bond acceptors (Lipinski definition) is 4. The quantitative estimate of drug-likeness (QED) is 0.853. The molecule has 6 nitrogen and oxygen atoms in total. The van der Waals surface area contributed by atoms with E-state index in [4.69, 9.17) is 10.5 Å². The summed E-state index contributed by atoms with van der Waals surface area (Å²) in [6, 6.07) is 3.65. The molecular weight excluding hydrogens is 287 g/mol. The highest BCUT2D eigenvalue weighted by Crippen LogP contribution is 2.27. The van der Waals surface area contributed by atoms with Crippen molar-refractivity contribution < 1.29 is 22.3 Å². The van der Waals surface area contributed by atoms with Gasteiger partial charge in [0.2, 0.25) is 15.9 Å². The Bertz CT molecular complexity index is 620. The SMILES string of the molecule is CO[C@H]1C[C@@H](C(N)=O)N(S(=O)(=O)c2cccc(F)c2)C1. The summed E-state index contributed by atoms with van der Waals surface area (Å²) in [5.74, 6) is -1.41. The molecule has 1 aromatic rings. The minimum Gasteiger partial charge on any atom is -0.380 e. The van der Waals surface area contributed by atoms with Gasteiger partial charge in [-0.1, -0.05) is 6.07 Å². The minimum atomic E-state index is -3.99. The average molecular weight is 302 g/mol. The molecule has 0 bridgehead atoms. The van der Waals surface area contributed by atoms with Crippen molar-refractivity contribution in [3.63, 3.8) is 0 Å². The third-order valence-corrected chi connectivity index (χ3v) is 5.15. The summed E-state index contributed by atoms with van der Waals surface area (Å²) in [6.45, 7) is 0.0168. The van der Waals surface area contributed by atoms with Gasteiger partial charge >= 0.3 is 0 Å². The second kappa shape index (κ2) is 5.47. The molecule has 1 aromatic carbocycles. The first-order valence-electron chi connectivity index (χ1n) is 5.95. The number of primary amides is 1. The molecule has 0 spiro atoms. The van der Waals surface area contributed by atoms with Crippen LogP contribution in [0.1, 0.15) is 6.42 Å². The zero-order valence-corrected chi connectivity index (χ0v) is 11.6. The predicted molar refractivity (Wildman–Crippen MR) is 68.7 cm³/mol. The molecule has 1 aliphatic rings. The van der Waals surface area contributed by atoms with Gasteiger partial charge in [-0.2, -0.15) is 4.31 Å². The maximum atomic E-state index is 13.2. The maximum Gasteiger partial charge on any atom is 0.243 e. The molecule has 1 aliphatic heterocycles. The Hall–Kier alpha value is -1.51. The Balaban J connectivity index is 2.39. The predicted octanol–water partition coefficient (Wildman–Crippen LogP) is 0.0890. The molecule has 1 fully saturated rings. The third-order valence-electron chi connectivity index (χ3n) is 3.28. The number of carbonyl (C=O) groups excluding carboxylic acids is 1. The zero-order chi connectivity index (χ0) is 14.9. The number of nitrogens with zero attached hydrogens (tertiary/aromatic N) is 1. The summed E-state index contributed by atoms with van der Waals surface area (Å²) in [5.41, 5.74) is 5.24. The van der Waals surface area contributed by atoms with Gasteiger partial charge in [0.15, 0.2) is 0 Å². The molecule has 0 unspecified atom stereocenters. The monoisotopic (exact) mass is 302 g/mol. The standard InChI is InChI=1S/C12H15FN2O4S/c1-19-9-6-11(12(14)16)15(7-9)20(17,18)10-4-2-3-8(13)5-10/h2-5,9,11H,6-7H2,1H3,(H2,14,16)/t9-,11-/m0/s1. The number of benzene rings is 1. The lowest BCUT2D eigenvalue weighted by Gasteiger charge is -2.21. The number of hydrogen-bond donors (Lipinski definition) is 1.